The summed E-state index contributed by atoms with van der Waals surface area (Å²) in [6.45, 7) is 1.02. The zero-order valence-electron chi connectivity index (χ0n) is 14.5. The molecular formula is C16H25ClN4O2S. The van der Waals surface area contributed by atoms with Crippen LogP contribution in [0.15, 0.2) is 4.79 Å². The van der Waals surface area contributed by atoms with Gasteiger partial charge in [-0.25, -0.2) is 15.0 Å². The molecule has 0 atom stereocenters. The zero-order chi connectivity index (χ0) is 17.3. The Bertz CT molecular complexity index is 775. The summed E-state index contributed by atoms with van der Waals surface area (Å²) in [5.74, 6) is 2.32. The van der Waals surface area contributed by atoms with Crippen LogP contribution < -0.4 is 5.56 Å². The molecule has 1 N–H and O–H groups in total. The predicted octanol–water partition coefficient (Wildman–Crippen LogP) is 3.10. The topological polar surface area (TPSA) is 72.8 Å². The molecule has 0 bridgehead atoms. The normalized spacial score (nSPS) is 17.0. The average Bonchev–Trinajstić information content (AvgIpc) is 3.09. The summed E-state index contributed by atoms with van der Waals surface area (Å²) in [6, 6.07) is 0. The van der Waals surface area contributed by atoms with Crippen molar-refractivity contribution in [1.82, 2.24) is 19.5 Å². The van der Waals surface area contributed by atoms with Crippen LogP contribution in [0.3, 0.4) is 0 Å². The van der Waals surface area contributed by atoms with Gasteiger partial charge in [-0.15, -0.1) is 0 Å². The van der Waals surface area contributed by atoms with E-state index in [1.807, 2.05) is 4.57 Å². The van der Waals surface area contributed by atoms with E-state index in [0.717, 1.165) is 24.4 Å². The molecule has 24 heavy (non-hydrogen) atoms. The number of aromatic nitrogens is 4. The Hall–Kier alpha value is -1.05. The summed E-state index contributed by atoms with van der Waals surface area (Å²) in [5.41, 5.74) is 0.617. The van der Waals surface area contributed by atoms with Crippen molar-refractivity contribution in [3.05, 3.63) is 21.5 Å². The third kappa shape index (κ3) is 3.95. The molecule has 0 saturated heterocycles. The second kappa shape index (κ2) is 7.06. The number of nitrogens with one attached hydrogen (secondary N) is 1. The molecule has 3 rings (SSSR count). The summed E-state index contributed by atoms with van der Waals surface area (Å²) in [6.07, 6.45) is 11.4. The number of fused-ring (bicyclic) bond motifs is 1. The summed E-state index contributed by atoms with van der Waals surface area (Å²) in [7, 11) is -0.595. The van der Waals surface area contributed by atoms with Gasteiger partial charge in [0.05, 0.1) is 6.61 Å². The minimum Gasteiger partial charge on any atom is -0.360 e. The molecule has 134 valence electrons. The zero-order valence-corrected chi connectivity index (χ0v) is 16.0. The van der Waals surface area contributed by atoms with Crippen molar-refractivity contribution in [2.45, 2.75) is 38.3 Å². The number of H-pyrrole nitrogens is 1. The number of ether oxygens (including phenoxy) is 1. The lowest BCUT2D eigenvalue weighted by Crippen LogP contribution is -2.17. The molecule has 1 aliphatic carbocycles. The lowest BCUT2D eigenvalue weighted by Gasteiger charge is -2.24. The fraction of sp³-hybridized carbons (Fsp3) is 0.688. The van der Waals surface area contributed by atoms with Crippen LogP contribution in [0.2, 0.25) is 5.28 Å². The van der Waals surface area contributed by atoms with Crippen molar-refractivity contribution in [2.24, 2.45) is 0 Å². The van der Waals surface area contributed by atoms with Crippen LogP contribution in [-0.2, 0) is 11.5 Å². The number of rotatable bonds is 6. The molecule has 2 heterocycles. The molecule has 0 amide bonds. The first-order valence-corrected chi connectivity index (χ1v) is 11.7. The van der Waals surface area contributed by atoms with Crippen LogP contribution in [0.1, 0.15) is 37.4 Å². The maximum Gasteiger partial charge on any atom is 0.278 e. The van der Waals surface area contributed by atoms with Crippen LogP contribution in [0.5, 0.6) is 0 Å². The van der Waals surface area contributed by atoms with E-state index in [0.29, 0.717) is 30.4 Å². The summed E-state index contributed by atoms with van der Waals surface area (Å²) in [4.78, 5) is 23.7. The highest BCUT2D eigenvalue weighted by atomic mass is 35.5. The number of nitrogens with zero attached hydrogens (tertiary/aromatic N) is 3. The third-order valence-corrected chi connectivity index (χ3v) is 5.97. The van der Waals surface area contributed by atoms with E-state index in [1.165, 1.54) is 12.8 Å². The Morgan fingerprint density at radius 1 is 1.29 bits per heavy atom. The first-order chi connectivity index (χ1) is 11.3. The smallest absolute Gasteiger partial charge is 0.278 e. The number of hydrogen-bond donors (Lipinski definition) is 1. The molecule has 2 aromatic heterocycles. The van der Waals surface area contributed by atoms with E-state index in [2.05, 4.69) is 33.7 Å². The first-order valence-electron chi connectivity index (χ1n) is 8.25. The van der Waals surface area contributed by atoms with Gasteiger partial charge in [-0.3, -0.25) is 14.3 Å². The molecule has 6 nitrogen and oxygen atoms in total. The van der Waals surface area contributed by atoms with E-state index >= 15 is 0 Å². The van der Waals surface area contributed by atoms with Gasteiger partial charge >= 0.3 is 0 Å². The number of aromatic amines is 1. The molecule has 1 saturated carbocycles. The summed E-state index contributed by atoms with van der Waals surface area (Å²) < 4.78 is 7.77. The van der Waals surface area contributed by atoms with Gasteiger partial charge < -0.3 is 4.74 Å². The van der Waals surface area contributed by atoms with Crippen LogP contribution in [0.25, 0.3) is 11.2 Å². The SMILES string of the molecule is CS(C)(C)CCOCn1c(C2CCCC2)nc2nc(Cl)[nH]c(=O)c21. The lowest BCUT2D eigenvalue weighted by atomic mass is 10.1. The molecule has 0 aromatic carbocycles. The van der Waals surface area contributed by atoms with Gasteiger partial charge in [-0.1, -0.05) is 12.8 Å². The quantitative estimate of drug-likeness (QED) is 0.624. The Balaban J connectivity index is 1.90. The minimum atomic E-state index is -0.595. The lowest BCUT2D eigenvalue weighted by molar-refractivity contribution is 0.0894. The van der Waals surface area contributed by atoms with Crippen molar-refractivity contribution >= 4 is 32.8 Å². The summed E-state index contributed by atoms with van der Waals surface area (Å²) in [5, 5.41) is 0.0763. The van der Waals surface area contributed by atoms with Crippen molar-refractivity contribution < 1.29 is 4.74 Å². The molecule has 0 unspecified atom stereocenters. The Morgan fingerprint density at radius 3 is 2.67 bits per heavy atom. The second-order valence-electron chi connectivity index (χ2n) is 7.24. The van der Waals surface area contributed by atoms with E-state index in [-0.39, 0.29) is 10.8 Å². The summed E-state index contributed by atoms with van der Waals surface area (Å²) >= 11 is 5.88. The van der Waals surface area contributed by atoms with Gasteiger partial charge in [0.2, 0.25) is 5.28 Å². The van der Waals surface area contributed by atoms with Crippen molar-refractivity contribution in [3.8, 4) is 0 Å². The van der Waals surface area contributed by atoms with Crippen LogP contribution >= 0.6 is 21.6 Å². The van der Waals surface area contributed by atoms with Gasteiger partial charge in [0.15, 0.2) is 11.2 Å². The molecule has 0 spiro atoms. The molecule has 2 aromatic rings. The molecule has 1 fully saturated rings. The van der Waals surface area contributed by atoms with E-state index in [9.17, 15) is 4.79 Å². The van der Waals surface area contributed by atoms with Gasteiger partial charge in [-0.2, -0.15) is 4.98 Å². The van der Waals surface area contributed by atoms with Crippen LogP contribution in [0, 0.1) is 0 Å². The van der Waals surface area contributed by atoms with Gasteiger partial charge in [0.25, 0.3) is 5.56 Å². The van der Waals surface area contributed by atoms with Gasteiger partial charge in [-0.05, 0) is 43.2 Å². The van der Waals surface area contributed by atoms with E-state index < -0.39 is 10.0 Å². The second-order valence-corrected chi connectivity index (χ2v) is 12.2. The molecule has 1 aliphatic rings. The number of imidazole rings is 1. The predicted molar refractivity (Wildman–Crippen MR) is 101 cm³/mol. The minimum absolute atomic E-state index is 0.0763. The number of halogens is 1. The van der Waals surface area contributed by atoms with Crippen molar-refractivity contribution in [2.75, 3.05) is 31.1 Å². The largest absolute Gasteiger partial charge is 0.360 e. The van der Waals surface area contributed by atoms with E-state index in [4.69, 9.17) is 16.3 Å². The maximum atomic E-state index is 12.3. The van der Waals surface area contributed by atoms with Crippen molar-refractivity contribution in [1.29, 1.82) is 0 Å². The third-order valence-electron chi connectivity index (χ3n) is 4.40. The molecule has 8 heteroatoms. The molecule has 0 aliphatic heterocycles. The van der Waals surface area contributed by atoms with Crippen LogP contribution in [-0.4, -0.2) is 50.6 Å². The Kier molecular flexibility index (Phi) is 5.22. The monoisotopic (exact) mass is 372 g/mol. The highest BCUT2D eigenvalue weighted by Crippen LogP contribution is 2.35. The van der Waals surface area contributed by atoms with Crippen LogP contribution in [0.4, 0.5) is 0 Å². The standard InChI is InChI=1S/C16H25ClN4O2S/c1-24(2,3)9-8-23-10-21-12-13(19-16(17)20-15(12)22)18-14(21)11-6-4-5-7-11/h11H,4-10H2,1-3H3,(H,19,20,22). The number of hydrogen-bond acceptors (Lipinski definition) is 4. The fourth-order valence-electron chi connectivity index (χ4n) is 3.12. The van der Waals surface area contributed by atoms with Gasteiger partial charge in [0, 0.05) is 11.7 Å². The first kappa shape index (κ1) is 17.8. The Labute approximate surface area is 148 Å². The van der Waals surface area contributed by atoms with E-state index in [1.54, 1.807) is 0 Å². The maximum absolute atomic E-state index is 12.3. The Morgan fingerprint density at radius 2 is 2.00 bits per heavy atom. The average molecular weight is 373 g/mol. The van der Waals surface area contributed by atoms with Gasteiger partial charge in [0.1, 0.15) is 12.6 Å². The highest BCUT2D eigenvalue weighted by molar-refractivity contribution is 8.32. The highest BCUT2D eigenvalue weighted by Gasteiger charge is 2.25. The molecule has 0 radical (unpaired) electrons. The van der Waals surface area contributed by atoms with Crippen molar-refractivity contribution in [3.63, 3.8) is 0 Å². The molecular weight excluding hydrogens is 348 g/mol. The fourth-order valence-corrected chi connectivity index (χ4v) is 3.91.